The molecule has 4 aromatic rings. The van der Waals surface area contributed by atoms with E-state index in [4.69, 9.17) is 4.74 Å². The highest BCUT2D eigenvalue weighted by Crippen LogP contribution is 2.54. The molecule has 6 rings (SSSR count). The average Bonchev–Trinajstić information content (AvgIpc) is 3.48. The van der Waals surface area contributed by atoms with Gasteiger partial charge in [-0.1, -0.05) is 35.2 Å². The quantitative estimate of drug-likeness (QED) is 0.213. The first kappa shape index (κ1) is 31.2. The van der Waals surface area contributed by atoms with Crippen LogP contribution in [0.2, 0.25) is 0 Å². The van der Waals surface area contributed by atoms with E-state index in [1.165, 1.54) is 41.0 Å². The number of hydrogen-bond donors (Lipinski definition) is 1. The van der Waals surface area contributed by atoms with Crippen molar-refractivity contribution >= 4 is 63.9 Å². The van der Waals surface area contributed by atoms with Crippen LogP contribution in [-0.2, 0) is 25.7 Å². The van der Waals surface area contributed by atoms with Gasteiger partial charge < -0.3 is 15.0 Å². The number of esters is 1. The Morgan fingerprint density at radius 3 is 2.24 bits per heavy atom. The predicted octanol–water partition coefficient (Wildman–Crippen LogP) is 4.73. The van der Waals surface area contributed by atoms with E-state index < -0.39 is 51.5 Å². The largest absolute Gasteiger partial charge is 0.462 e. The van der Waals surface area contributed by atoms with Crippen LogP contribution in [0.1, 0.15) is 33.6 Å². The highest BCUT2D eigenvalue weighted by Gasteiger charge is 2.56. The minimum atomic E-state index is -0.873. The number of fused-ring (bicyclic) bond motifs is 2. The number of ether oxygens (including phenoxy) is 1. The number of rotatable bonds is 8. The first-order valence-electron chi connectivity index (χ1n) is 14.4. The Morgan fingerprint density at radius 2 is 1.61 bits per heavy atom. The molecule has 3 atom stereocenters. The van der Waals surface area contributed by atoms with Crippen LogP contribution in [0.15, 0.2) is 82.6 Å². The first-order chi connectivity index (χ1) is 22.1. The molecule has 46 heavy (non-hydrogen) atoms. The number of anilines is 3. The Kier molecular flexibility index (Phi) is 8.53. The molecule has 236 valence electrons. The lowest BCUT2D eigenvalue weighted by Gasteiger charge is -2.31. The zero-order chi connectivity index (χ0) is 32.7. The molecule has 2 aliphatic heterocycles. The van der Waals surface area contributed by atoms with Gasteiger partial charge in [0, 0.05) is 36.3 Å². The number of carbonyl (C=O) groups excluding carboxylic acids is 4. The monoisotopic (exact) mass is 660 g/mol. The van der Waals surface area contributed by atoms with E-state index >= 15 is 0 Å². The molecule has 2 aliphatic rings. The zero-order valence-corrected chi connectivity index (χ0v) is 26.7. The second kappa shape index (κ2) is 12.6. The summed E-state index contributed by atoms with van der Waals surface area (Å²) in [6.45, 7) is 1.62. The molecular formula is C33H29FN4O6S2. The number of carbonyl (C=O) groups is 4. The average molecular weight is 661 g/mol. The van der Waals surface area contributed by atoms with Crippen LogP contribution in [0.3, 0.4) is 0 Å². The molecule has 3 heterocycles. The molecular weight excluding hydrogens is 632 g/mol. The van der Waals surface area contributed by atoms with Crippen molar-refractivity contribution in [2.24, 2.45) is 5.92 Å². The Labute approximate surface area is 271 Å². The van der Waals surface area contributed by atoms with Crippen LogP contribution in [0, 0.1) is 11.7 Å². The smallest absolute Gasteiger partial charge is 0.338 e. The van der Waals surface area contributed by atoms with Crippen molar-refractivity contribution in [1.82, 2.24) is 4.57 Å². The summed E-state index contributed by atoms with van der Waals surface area (Å²) in [5.41, 5.74) is 2.72. The van der Waals surface area contributed by atoms with Crippen molar-refractivity contribution in [2.45, 2.75) is 29.7 Å². The highest BCUT2D eigenvalue weighted by atomic mass is 32.2. The van der Waals surface area contributed by atoms with Gasteiger partial charge in [0.05, 0.1) is 28.8 Å². The lowest BCUT2D eigenvalue weighted by atomic mass is 9.83. The molecule has 3 amide bonds. The van der Waals surface area contributed by atoms with E-state index in [1.54, 1.807) is 19.1 Å². The maximum Gasteiger partial charge on any atom is 0.338 e. The van der Waals surface area contributed by atoms with Crippen LogP contribution in [0.25, 0.3) is 0 Å². The van der Waals surface area contributed by atoms with Crippen molar-refractivity contribution in [2.75, 3.05) is 35.8 Å². The topological polar surface area (TPSA) is 118 Å². The lowest BCUT2D eigenvalue weighted by Crippen LogP contribution is -2.33. The third kappa shape index (κ3) is 5.71. The molecule has 0 unspecified atom stereocenters. The summed E-state index contributed by atoms with van der Waals surface area (Å²) < 4.78 is 20.0. The summed E-state index contributed by atoms with van der Waals surface area (Å²) in [5.74, 6) is -3.80. The number of hydrogen-bond acceptors (Lipinski definition) is 9. The van der Waals surface area contributed by atoms with Gasteiger partial charge in [0.2, 0.25) is 17.7 Å². The minimum absolute atomic E-state index is 0.239. The number of imide groups is 1. The molecule has 1 aromatic heterocycles. The number of nitrogens with one attached hydrogen (secondary N) is 1. The Bertz CT molecular complexity index is 1890. The molecule has 0 saturated carbocycles. The van der Waals surface area contributed by atoms with Gasteiger partial charge in [-0.3, -0.25) is 23.7 Å². The van der Waals surface area contributed by atoms with E-state index in [1.807, 2.05) is 43.3 Å². The van der Waals surface area contributed by atoms with Gasteiger partial charge in [-0.25, -0.2) is 14.1 Å². The number of thiazole rings is 1. The van der Waals surface area contributed by atoms with Crippen molar-refractivity contribution in [3.8, 4) is 0 Å². The fourth-order valence-electron chi connectivity index (χ4n) is 5.69. The number of thioether (sulfide) groups is 1. The van der Waals surface area contributed by atoms with Gasteiger partial charge in [0.15, 0.2) is 0 Å². The molecule has 1 fully saturated rings. The second-order valence-corrected chi connectivity index (χ2v) is 13.1. The highest BCUT2D eigenvalue weighted by molar-refractivity contribution is 8.00. The standard InChI is InChI=1S/C33H29FN4O6S2/c1-4-44-32(42)19-5-11-21(12-6-19)35-24(39)17-37-31-28(46-33(37)43)25(18-7-13-22(14-8-18)36(2)3)26-27(45-31)30(41)38(29(26)40)23-15-9-20(34)10-16-23/h5-16,25-27H,4,17H2,1-3H3,(H,35,39)/t25-,26-,27+/m0/s1. The predicted molar refractivity (Wildman–Crippen MR) is 174 cm³/mol. The Balaban J connectivity index is 1.34. The summed E-state index contributed by atoms with van der Waals surface area (Å²) in [6.07, 6.45) is 0. The van der Waals surface area contributed by atoms with Gasteiger partial charge in [-0.2, -0.15) is 0 Å². The van der Waals surface area contributed by atoms with Crippen LogP contribution < -0.4 is 20.0 Å². The van der Waals surface area contributed by atoms with Gasteiger partial charge >= 0.3 is 10.8 Å². The zero-order valence-electron chi connectivity index (χ0n) is 25.1. The first-order valence-corrected chi connectivity index (χ1v) is 16.1. The van der Waals surface area contributed by atoms with E-state index in [0.29, 0.717) is 21.2 Å². The fourth-order valence-corrected chi connectivity index (χ4v) is 8.46. The fraction of sp³-hybridized carbons (Fsp3) is 0.242. The number of amides is 3. The SMILES string of the molecule is CCOC(=O)c1ccc(NC(=O)Cn2c3c(sc2=O)[C@@H](c2ccc(N(C)C)cc2)[C@@H]2C(=O)N(c4ccc(F)cc4)C(=O)[C@@H]2S3)cc1. The molecule has 0 radical (unpaired) electrons. The maximum absolute atomic E-state index is 14.0. The molecule has 0 bridgehead atoms. The van der Waals surface area contributed by atoms with Gasteiger partial charge in [0.1, 0.15) is 17.6 Å². The molecule has 3 aromatic carbocycles. The summed E-state index contributed by atoms with van der Waals surface area (Å²) in [5, 5.41) is 2.33. The van der Waals surface area contributed by atoms with E-state index in [2.05, 4.69) is 5.32 Å². The summed E-state index contributed by atoms with van der Waals surface area (Å²) >= 11 is 2.05. The Morgan fingerprint density at radius 1 is 0.935 bits per heavy atom. The van der Waals surface area contributed by atoms with Crippen LogP contribution in [-0.4, -0.2) is 54.2 Å². The van der Waals surface area contributed by atoms with Crippen LogP contribution >= 0.6 is 23.1 Å². The van der Waals surface area contributed by atoms with Crippen molar-refractivity contribution in [3.05, 3.63) is 104 Å². The van der Waals surface area contributed by atoms with Gasteiger partial charge in [-0.15, -0.1) is 0 Å². The number of nitrogens with zero attached hydrogens (tertiary/aromatic N) is 3. The minimum Gasteiger partial charge on any atom is -0.462 e. The lowest BCUT2D eigenvalue weighted by molar-refractivity contribution is -0.122. The van der Waals surface area contributed by atoms with Crippen molar-refractivity contribution in [3.63, 3.8) is 0 Å². The maximum atomic E-state index is 14.0. The molecule has 1 saturated heterocycles. The van der Waals surface area contributed by atoms with Crippen molar-refractivity contribution < 1.29 is 28.3 Å². The number of halogens is 1. The summed E-state index contributed by atoms with van der Waals surface area (Å²) in [7, 11) is 3.82. The molecule has 0 aliphatic carbocycles. The normalized spacial score (nSPS) is 18.6. The molecule has 10 nitrogen and oxygen atoms in total. The number of benzene rings is 3. The van der Waals surface area contributed by atoms with Crippen LogP contribution in [0.4, 0.5) is 21.5 Å². The molecule has 13 heteroatoms. The molecule has 0 spiro atoms. The van der Waals surface area contributed by atoms with Crippen molar-refractivity contribution in [1.29, 1.82) is 0 Å². The van der Waals surface area contributed by atoms with Gasteiger partial charge in [-0.05, 0) is 73.2 Å². The number of aromatic nitrogens is 1. The van der Waals surface area contributed by atoms with E-state index in [-0.39, 0.29) is 18.8 Å². The summed E-state index contributed by atoms with van der Waals surface area (Å²) in [6, 6.07) is 19.0. The van der Waals surface area contributed by atoms with E-state index in [0.717, 1.165) is 39.2 Å². The van der Waals surface area contributed by atoms with Gasteiger partial charge in [0.25, 0.3) is 0 Å². The third-order valence-corrected chi connectivity index (χ3v) is 10.5. The van der Waals surface area contributed by atoms with E-state index in [9.17, 15) is 28.4 Å². The van der Waals surface area contributed by atoms with Crippen LogP contribution in [0.5, 0.6) is 0 Å². The Hall–Kier alpha value is -4.75. The third-order valence-electron chi connectivity index (χ3n) is 7.88. The molecule has 1 N–H and O–H groups in total. The summed E-state index contributed by atoms with van der Waals surface area (Å²) in [4.78, 5) is 69.6. The second-order valence-electron chi connectivity index (χ2n) is 11.0.